The summed E-state index contributed by atoms with van der Waals surface area (Å²) in [5, 5.41) is 8.62. The molecule has 1 unspecified atom stereocenters. The van der Waals surface area contributed by atoms with Crippen LogP contribution in [0.5, 0.6) is 0 Å². The van der Waals surface area contributed by atoms with Crippen LogP contribution in [0.15, 0.2) is 9.59 Å². The Bertz CT molecular complexity index is 422. The molecule has 0 amide bonds. The molecule has 1 heterocycles. The van der Waals surface area contributed by atoms with Crippen LogP contribution in [-0.2, 0) is 0 Å². The van der Waals surface area contributed by atoms with Crippen molar-refractivity contribution in [1.29, 1.82) is 0 Å². The number of rotatable bonds is 4. The van der Waals surface area contributed by atoms with Crippen molar-refractivity contribution in [2.24, 2.45) is 11.7 Å². The summed E-state index contributed by atoms with van der Waals surface area (Å²) >= 11 is 0. The van der Waals surface area contributed by atoms with Crippen molar-refractivity contribution in [2.45, 2.75) is 19.9 Å². The highest BCUT2D eigenvalue weighted by atomic mass is 16.2. The summed E-state index contributed by atoms with van der Waals surface area (Å²) < 4.78 is 0. The van der Waals surface area contributed by atoms with E-state index >= 15 is 0 Å². The molecule has 0 aliphatic heterocycles. The van der Waals surface area contributed by atoms with Gasteiger partial charge in [-0.15, -0.1) is 5.10 Å². The first-order chi connectivity index (χ1) is 7.04. The molecule has 1 atom stereocenters. The second-order valence-electron chi connectivity index (χ2n) is 3.59. The maximum Gasteiger partial charge on any atom is 0.342 e. The molecular formula is C8H15N5O2. The molecule has 7 heteroatoms. The van der Waals surface area contributed by atoms with Gasteiger partial charge >= 0.3 is 5.69 Å². The highest BCUT2D eigenvalue weighted by molar-refractivity contribution is 5.30. The minimum atomic E-state index is -0.626. The molecule has 0 bridgehead atoms. The van der Waals surface area contributed by atoms with Gasteiger partial charge in [-0.3, -0.25) is 9.78 Å². The van der Waals surface area contributed by atoms with Crippen LogP contribution in [0.1, 0.15) is 13.8 Å². The summed E-state index contributed by atoms with van der Waals surface area (Å²) in [6.45, 7) is 4.34. The first kappa shape index (κ1) is 11.4. The zero-order valence-electron chi connectivity index (χ0n) is 8.70. The second kappa shape index (κ2) is 4.74. The van der Waals surface area contributed by atoms with Gasteiger partial charge in [-0.2, -0.15) is 0 Å². The zero-order valence-corrected chi connectivity index (χ0v) is 8.70. The van der Waals surface area contributed by atoms with Crippen molar-refractivity contribution < 1.29 is 0 Å². The predicted molar refractivity (Wildman–Crippen MR) is 56.8 cm³/mol. The van der Waals surface area contributed by atoms with Crippen LogP contribution in [0, 0.1) is 5.92 Å². The minimum Gasteiger partial charge on any atom is -0.360 e. The molecule has 1 aromatic rings. The van der Waals surface area contributed by atoms with Crippen molar-refractivity contribution in [3.8, 4) is 0 Å². The normalized spacial score (nSPS) is 12.8. The van der Waals surface area contributed by atoms with Gasteiger partial charge in [0.2, 0.25) is 5.82 Å². The van der Waals surface area contributed by atoms with Crippen LogP contribution in [0.4, 0.5) is 5.82 Å². The van der Waals surface area contributed by atoms with Gasteiger partial charge < -0.3 is 11.1 Å². The number of hydrogen-bond acceptors (Lipinski definition) is 5. The number of H-pyrrole nitrogens is 2. The fraction of sp³-hybridized carbons (Fsp3) is 0.625. The molecule has 0 aliphatic carbocycles. The van der Waals surface area contributed by atoms with Crippen LogP contribution >= 0.6 is 0 Å². The van der Waals surface area contributed by atoms with Gasteiger partial charge in [0.05, 0.1) is 0 Å². The molecular weight excluding hydrogens is 198 g/mol. The SMILES string of the molecule is CC(C)C(CN)Nc1n[nH]c(=O)[nH]c1=O. The quantitative estimate of drug-likeness (QED) is 0.504. The Hall–Kier alpha value is -1.63. The fourth-order valence-corrected chi connectivity index (χ4v) is 1.12. The number of aromatic nitrogens is 3. The fourth-order valence-electron chi connectivity index (χ4n) is 1.12. The summed E-state index contributed by atoms with van der Waals surface area (Å²) in [5.41, 5.74) is 4.36. The largest absolute Gasteiger partial charge is 0.360 e. The molecule has 1 rings (SSSR count). The van der Waals surface area contributed by atoms with Gasteiger partial charge in [0.1, 0.15) is 0 Å². The molecule has 5 N–H and O–H groups in total. The Kier molecular flexibility index (Phi) is 3.62. The topological polar surface area (TPSA) is 117 Å². The molecule has 1 aromatic heterocycles. The Labute approximate surface area is 86.1 Å². The van der Waals surface area contributed by atoms with E-state index in [1.165, 1.54) is 0 Å². The maximum absolute atomic E-state index is 11.3. The van der Waals surface area contributed by atoms with Crippen molar-refractivity contribution in [1.82, 2.24) is 15.2 Å². The van der Waals surface area contributed by atoms with Crippen LogP contribution in [0.25, 0.3) is 0 Å². The molecule has 7 nitrogen and oxygen atoms in total. The molecule has 0 fully saturated rings. The van der Waals surface area contributed by atoms with Crippen LogP contribution in [-0.4, -0.2) is 27.8 Å². The average Bonchev–Trinajstić information content (AvgIpc) is 2.16. The average molecular weight is 213 g/mol. The second-order valence-corrected chi connectivity index (χ2v) is 3.59. The molecule has 0 spiro atoms. The van der Waals surface area contributed by atoms with Crippen molar-refractivity contribution in [3.05, 3.63) is 20.8 Å². The molecule has 0 saturated heterocycles. The third-order valence-corrected chi connectivity index (χ3v) is 2.09. The summed E-state index contributed by atoms with van der Waals surface area (Å²) in [6.07, 6.45) is 0. The standard InChI is InChI=1S/C8H15N5O2/c1-4(2)5(3-9)10-6-7(14)11-8(15)13-12-6/h4-5H,3,9H2,1-2H3,(H,10,12)(H2,11,13,14,15). The van der Waals surface area contributed by atoms with Gasteiger partial charge in [-0.25, -0.2) is 9.89 Å². The Morgan fingerprint density at radius 1 is 1.47 bits per heavy atom. The lowest BCUT2D eigenvalue weighted by atomic mass is 10.1. The van der Waals surface area contributed by atoms with Crippen LogP contribution in [0.3, 0.4) is 0 Å². The van der Waals surface area contributed by atoms with E-state index in [2.05, 4.69) is 20.5 Å². The van der Waals surface area contributed by atoms with Gasteiger partial charge in [0.15, 0.2) is 0 Å². The maximum atomic E-state index is 11.3. The van der Waals surface area contributed by atoms with Gasteiger partial charge in [-0.1, -0.05) is 13.8 Å². The third-order valence-electron chi connectivity index (χ3n) is 2.09. The first-order valence-corrected chi connectivity index (χ1v) is 4.70. The lowest BCUT2D eigenvalue weighted by Gasteiger charge is -2.19. The number of nitrogens with one attached hydrogen (secondary N) is 3. The highest BCUT2D eigenvalue weighted by Gasteiger charge is 2.13. The molecule has 0 aliphatic rings. The van der Waals surface area contributed by atoms with Crippen molar-refractivity contribution >= 4 is 5.82 Å². The van der Waals surface area contributed by atoms with Gasteiger partial charge in [-0.05, 0) is 5.92 Å². The number of anilines is 1. The van der Waals surface area contributed by atoms with E-state index in [-0.39, 0.29) is 17.8 Å². The molecule has 0 saturated carbocycles. The Morgan fingerprint density at radius 2 is 2.13 bits per heavy atom. The summed E-state index contributed by atoms with van der Waals surface area (Å²) in [4.78, 5) is 24.1. The van der Waals surface area contributed by atoms with Crippen molar-refractivity contribution in [3.63, 3.8) is 0 Å². The molecule has 15 heavy (non-hydrogen) atoms. The molecule has 0 aromatic carbocycles. The lowest BCUT2D eigenvalue weighted by Crippen LogP contribution is -2.37. The van der Waals surface area contributed by atoms with Crippen LogP contribution < -0.4 is 22.3 Å². The zero-order chi connectivity index (χ0) is 11.4. The minimum absolute atomic E-state index is 0.0514. The first-order valence-electron chi connectivity index (χ1n) is 4.70. The number of hydrogen-bond donors (Lipinski definition) is 4. The van der Waals surface area contributed by atoms with E-state index in [0.29, 0.717) is 6.54 Å². The third kappa shape index (κ3) is 2.91. The highest BCUT2D eigenvalue weighted by Crippen LogP contribution is 2.04. The number of aromatic amines is 2. The summed E-state index contributed by atoms with van der Waals surface area (Å²) in [6, 6.07) is -0.0514. The predicted octanol–water partition coefficient (Wildman–Crippen LogP) is -1.15. The van der Waals surface area contributed by atoms with E-state index in [9.17, 15) is 9.59 Å². The smallest absolute Gasteiger partial charge is 0.342 e. The summed E-state index contributed by atoms with van der Waals surface area (Å²) in [5.74, 6) is 0.349. The van der Waals surface area contributed by atoms with E-state index in [1.807, 2.05) is 13.8 Å². The molecule has 84 valence electrons. The Morgan fingerprint density at radius 3 is 2.60 bits per heavy atom. The Balaban J connectivity index is 2.89. The van der Waals surface area contributed by atoms with E-state index in [0.717, 1.165) is 0 Å². The number of nitrogens with zero attached hydrogens (tertiary/aromatic N) is 1. The number of nitrogens with two attached hydrogens (primary N) is 1. The monoisotopic (exact) mass is 213 g/mol. The van der Waals surface area contributed by atoms with Gasteiger partial charge in [0.25, 0.3) is 5.56 Å². The van der Waals surface area contributed by atoms with E-state index < -0.39 is 11.2 Å². The lowest BCUT2D eigenvalue weighted by molar-refractivity contribution is 0.528. The van der Waals surface area contributed by atoms with Crippen LogP contribution in [0.2, 0.25) is 0 Å². The summed E-state index contributed by atoms with van der Waals surface area (Å²) in [7, 11) is 0. The molecule has 0 radical (unpaired) electrons. The van der Waals surface area contributed by atoms with E-state index in [4.69, 9.17) is 5.73 Å². The van der Waals surface area contributed by atoms with Gasteiger partial charge in [0, 0.05) is 12.6 Å². The van der Waals surface area contributed by atoms with E-state index in [1.54, 1.807) is 0 Å². The van der Waals surface area contributed by atoms with Crippen molar-refractivity contribution in [2.75, 3.05) is 11.9 Å².